The molecule has 0 aliphatic carbocycles. The van der Waals surface area contributed by atoms with Crippen molar-refractivity contribution in [1.29, 1.82) is 0 Å². The third-order valence-corrected chi connectivity index (χ3v) is 7.24. The second kappa shape index (κ2) is 8.78. The molecule has 4 aromatic rings. The molecule has 2 aromatic carbocycles. The number of nitrogens with zero attached hydrogens (tertiary/aromatic N) is 4. The van der Waals surface area contributed by atoms with Crippen LogP contribution in [0.15, 0.2) is 59.6 Å². The molecular weight excluding hydrogens is 493 g/mol. The topological polar surface area (TPSA) is 81.8 Å². The lowest BCUT2D eigenvalue weighted by Gasteiger charge is -2.08. The van der Waals surface area contributed by atoms with Crippen molar-refractivity contribution in [3.05, 3.63) is 86.7 Å². The molecule has 166 valence electrons. The smallest absolute Gasteiger partial charge is 0.265 e. The zero-order chi connectivity index (χ0) is 23.0. The number of nitrogens with one attached hydrogen (secondary N) is 1. The van der Waals surface area contributed by atoms with Crippen LogP contribution in [-0.4, -0.2) is 28.0 Å². The Bertz CT molecular complexity index is 1400. The first-order chi connectivity index (χ1) is 15.2. The maximum Gasteiger partial charge on any atom is 0.266 e. The van der Waals surface area contributed by atoms with Gasteiger partial charge in [0.1, 0.15) is 9.92 Å². The van der Waals surface area contributed by atoms with Crippen molar-refractivity contribution in [3.63, 3.8) is 0 Å². The number of benzene rings is 2. The number of aryl methyl sites for hydroxylation is 1. The Labute approximate surface area is 200 Å². The standard InChI is InChI=1S/C21H18Cl3N5O2S/c1-13-20(14(2)29(25-13)17-6-4-3-5-7-17)32(30,31)27-21-19(24)12-28(26-21)11-15-8-9-16(22)10-18(15)23/h3-10,12H,11H2,1-2H3,(H,26,27). The van der Waals surface area contributed by atoms with Crippen LogP contribution in [0.25, 0.3) is 5.69 Å². The molecule has 0 fully saturated rings. The molecule has 11 heteroatoms. The minimum Gasteiger partial charge on any atom is -0.265 e. The molecule has 4 rings (SSSR count). The summed E-state index contributed by atoms with van der Waals surface area (Å²) in [7, 11) is -3.99. The van der Waals surface area contributed by atoms with Gasteiger partial charge in [-0.05, 0) is 43.7 Å². The largest absolute Gasteiger partial charge is 0.266 e. The number of hydrogen-bond donors (Lipinski definition) is 1. The van der Waals surface area contributed by atoms with Gasteiger partial charge in [-0.25, -0.2) is 13.1 Å². The summed E-state index contributed by atoms with van der Waals surface area (Å²) in [6.07, 6.45) is 1.53. The third-order valence-electron chi connectivity index (χ3n) is 4.79. The summed E-state index contributed by atoms with van der Waals surface area (Å²) in [6, 6.07) is 14.4. The van der Waals surface area contributed by atoms with Gasteiger partial charge in [0.2, 0.25) is 0 Å². The summed E-state index contributed by atoms with van der Waals surface area (Å²) in [4.78, 5) is 0.0766. The fraction of sp³-hybridized carbons (Fsp3) is 0.143. The van der Waals surface area contributed by atoms with Crippen LogP contribution in [0.3, 0.4) is 0 Å². The van der Waals surface area contributed by atoms with Gasteiger partial charge in [-0.1, -0.05) is 59.1 Å². The van der Waals surface area contributed by atoms with E-state index in [0.29, 0.717) is 28.0 Å². The van der Waals surface area contributed by atoms with Crippen LogP contribution in [0.4, 0.5) is 5.82 Å². The van der Waals surface area contributed by atoms with Crippen molar-refractivity contribution in [3.8, 4) is 5.69 Å². The SMILES string of the molecule is Cc1nn(-c2ccccc2)c(C)c1S(=O)(=O)Nc1nn(Cc2ccc(Cl)cc2Cl)cc1Cl. The van der Waals surface area contributed by atoms with Gasteiger partial charge in [0, 0.05) is 16.2 Å². The number of sulfonamides is 1. The Kier molecular flexibility index (Phi) is 6.22. The molecule has 7 nitrogen and oxygen atoms in total. The summed E-state index contributed by atoms with van der Waals surface area (Å²) in [5, 5.41) is 9.84. The number of para-hydroxylation sites is 1. The average Bonchev–Trinajstić information content (AvgIpc) is 3.22. The molecule has 0 radical (unpaired) electrons. The van der Waals surface area contributed by atoms with Crippen LogP contribution in [0.5, 0.6) is 0 Å². The Morgan fingerprint density at radius 2 is 1.69 bits per heavy atom. The molecule has 0 unspecified atom stereocenters. The molecule has 0 atom stereocenters. The van der Waals surface area contributed by atoms with E-state index in [1.165, 1.54) is 10.9 Å². The molecule has 0 saturated carbocycles. The number of hydrogen-bond acceptors (Lipinski definition) is 4. The summed E-state index contributed by atoms with van der Waals surface area (Å²) in [6.45, 7) is 3.63. The predicted octanol–water partition coefficient (Wildman–Crippen LogP) is 5.49. The Hall–Kier alpha value is -2.52. The number of rotatable bonds is 6. The quantitative estimate of drug-likeness (QED) is 0.372. The van der Waals surface area contributed by atoms with Crippen molar-refractivity contribution in [2.75, 3.05) is 4.72 Å². The van der Waals surface area contributed by atoms with Crippen LogP contribution >= 0.6 is 34.8 Å². The summed E-state index contributed by atoms with van der Waals surface area (Å²) in [5.41, 5.74) is 2.37. The van der Waals surface area contributed by atoms with E-state index in [4.69, 9.17) is 34.8 Å². The maximum atomic E-state index is 13.2. The number of anilines is 1. The summed E-state index contributed by atoms with van der Waals surface area (Å²) >= 11 is 18.4. The van der Waals surface area contributed by atoms with Gasteiger partial charge in [0.15, 0.2) is 5.82 Å². The van der Waals surface area contributed by atoms with Crippen LogP contribution in [-0.2, 0) is 16.6 Å². The molecule has 0 saturated heterocycles. The van der Waals surface area contributed by atoms with E-state index in [2.05, 4.69) is 14.9 Å². The van der Waals surface area contributed by atoms with Gasteiger partial charge in [-0.15, -0.1) is 0 Å². The van der Waals surface area contributed by atoms with Crippen LogP contribution in [0, 0.1) is 13.8 Å². The minimum absolute atomic E-state index is 0.0167. The molecule has 32 heavy (non-hydrogen) atoms. The number of halogens is 3. The normalized spacial score (nSPS) is 11.7. The van der Waals surface area contributed by atoms with Crippen molar-refractivity contribution >= 4 is 50.6 Å². The molecule has 0 amide bonds. The highest BCUT2D eigenvalue weighted by molar-refractivity contribution is 7.92. The molecule has 0 aliphatic rings. The molecule has 2 heterocycles. The van der Waals surface area contributed by atoms with Gasteiger partial charge in [0.05, 0.1) is 23.6 Å². The van der Waals surface area contributed by atoms with E-state index in [1.54, 1.807) is 36.7 Å². The molecule has 1 N–H and O–H groups in total. The summed E-state index contributed by atoms with van der Waals surface area (Å²) < 4.78 is 32.0. The second-order valence-electron chi connectivity index (χ2n) is 7.11. The lowest BCUT2D eigenvalue weighted by Crippen LogP contribution is -2.16. The summed E-state index contributed by atoms with van der Waals surface area (Å²) in [5.74, 6) is 0.0167. The highest BCUT2D eigenvalue weighted by Crippen LogP contribution is 2.28. The van der Waals surface area contributed by atoms with E-state index in [9.17, 15) is 8.42 Å². The van der Waals surface area contributed by atoms with Crippen LogP contribution in [0.2, 0.25) is 15.1 Å². The lowest BCUT2D eigenvalue weighted by atomic mass is 10.2. The second-order valence-corrected chi connectivity index (χ2v) is 9.98. The van der Waals surface area contributed by atoms with E-state index in [-0.39, 0.29) is 15.7 Å². The molecular formula is C21H18Cl3N5O2S. The molecule has 0 spiro atoms. The maximum absolute atomic E-state index is 13.2. The van der Waals surface area contributed by atoms with Gasteiger partial charge >= 0.3 is 0 Å². The third kappa shape index (κ3) is 4.49. The van der Waals surface area contributed by atoms with Crippen molar-refractivity contribution in [2.24, 2.45) is 0 Å². The van der Waals surface area contributed by atoms with Gasteiger partial charge in [-0.3, -0.25) is 9.40 Å². The van der Waals surface area contributed by atoms with Gasteiger partial charge < -0.3 is 0 Å². The first-order valence-electron chi connectivity index (χ1n) is 9.47. The van der Waals surface area contributed by atoms with E-state index >= 15 is 0 Å². The first kappa shape index (κ1) is 22.7. The fourth-order valence-corrected chi connectivity index (χ4v) is 5.52. The fourth-order valence-electron chi connectivity index (χ4n) is 3.39. The van der Waals surface area contributed by atoms with Crippen LogP contribution < -0.4 is 4.72 Å². The Morgan fingerprint density at radius 1 is 0.969 bits per heavy atom. The van der Waals surface area contributed by atoms with E-state index in [1.807, 2.05) is 30.3 Å². The van der Waals surface area contributed by atoms with Crippen LogP contribution in [0.1, 0.15) is 17.0 Å². The van der Waals surface area contributed by atoms with Crippen molar-refractivity contribution in [2.45, 2.75) is 25.3 Å². The minimum atomic E-state index is -3.99. The average molecular weight is 511 g/mol. The lowest BCUT2D eigenvalue weighted by molar-refractivity contribution is 0.599. The predicted molar refractivity (Wildman–Crippen MR) is 127 cm³/mol. The highest BCUT2D eigenvalue weighted by atomic mass is 35.5. The number of aromatic nitrogens is 4. The highest BCUT2D eigenvalue weighted by Gasteiger charge is 2.27. The monoisotopic (exact) mass is 509 g/mol. The Balaban J connectivity index is 1.63. The van der Waals surface area contributed by atoms with Crippen molar-refractivity contribution in [1.82, 2.24) is 19.6 Å². The van der Waals surface area contributed by atoms with Crippen molar-refractivity contribution < 1.29 is 8.42 Å². The first-order valence-corrected chi connectivity index (χ1v) is 12.1. The van der Waals surface area contributed by atoms with E-state index < -0.39 is 10.0 Å². The zero-order valence-corrected chi connectivity index (χ0v) is 20.1. The molecule has 2 aromatic heterocycles. The van der Waals surface area contributed by atoms with Gasteiger partial charge in [-0.2, -0.15) is 10.2 Å². The van der Waals surface area contributed by atoms with Gasteiger partial charge in [0.25, 0.3) is 10.0 Å². The molecule has 0 bridgehead atoms. The zero-order valence-electron chi connectivity index (χ0n) is 17.1. The van der Waals surface area contributed by atoms with E-state index in [0.717, 1.165) is 11.3 Å². The Morgan fingerprint density at radius 3 is 2.38 bits per heavy atom. The molecule has 0 aliphatic heterocycles.